The molecule has 0 fully saturated rings. The van der Waals surface area contributed by atoms with E-state index in [4.69, 9.17) is 9.60 Å². The summed E-state index contributed by atoms with van der Waals surface area (Å²) >= 11 is 0. The molecule has 0 aliphatic rings. The quantitative estimate of drug-likeness (QED) is 0.562. The lowest BCUT2D eigenvalue weighted by atomic mass is 9.79. The summed E-state index contributed by atoms with van der Waals surface area (Å²) < 4.78 is 57.3. The standard InChI is InChI=1S/C24H28N2O3/c1-23(2,3)16-11-17(24(4,5)6)20(27)12-19(16)26-22(29)15-13-25-18-10-8-7-9-14(18)21(15)28/h7-13,27H,1-6H3,(H,25,28)(H,26,29)/i1D3,2D3,11D. The number of H-pyrrole nitrogens is 1. The monoisotopic (exact) mass is 399 g/mol. The Kier molecular flexibility index (Phi) is 3.22. The van der Waals surface area contributed by atoms with Crippen molar-refractivity contribution in [3.05, 3.63) is 69.5 Å². The second-order valence-corrected chi connectivity index (χ2v) is 8.22. The molecule has 0 unspecified atom stereocenters. The van der Waals surface area contributed by atoms with Crippen LogP contribution < -0.4 is 10.7 Å². The van der Waals surface area contributed by atoms with Gasteiger partial charge in [-0.25, -0.2) is 0 Å². The molecule has 3 aromatic rings. The van der Waals surface area contributed by atoms with Gasteiger partial charge >= 0.3 is 0 Å². The van der Waals surface area contributed by atoms with Gasteiger partial charge in [-0.1, -0.05) is 53.5 Å². The molecule has 0 atom stereocenters. The predicted octanol–water partition coefficient (Wildman–Crippen LogP) is 5.08. The number of carbonyl (C=O) groups excluding carboxylic acids is 1. The van der Waals surface area contributed by atoms with Crippen LogP contribution in [0.5, 0.6) is 5.75 Å². The predicted molar refractivity (Wildman–Crippen MR) is 118 cm³/mol. The number of rotatable bonds is 2. The van der Waals surface area contributed by atoms with E-state index in [1.807, 2.05) is 0 Å². The molecule has 3 rings (SSSR count). The molecular weight excluding hydrogens is 364 g/mol. The zero-order valence-electron chi connectivity index (χ0n) is 23.7. The molecule has 29 heavy (non-hydrogen) atoms. The highest BCUT2D eigenvalue weighted by Gasteiger charge is 2.26. The molecule has 3 N–H and O–H groups in total. The molecule has 0 aliphatic carbocycles. The number of pyridine rings is 1. The maximum Gasteiger partial charge on any atom is 0.261 e. The number of hydrogen-bond acceptors (Lipinski definition) is 3. The fourth-order valence-corrected chi connectivity index (χ4v) is 3.13. The number of anilines is 1. The summed E-state index contributed by atoms with van der Waals surface area (Å²) in [7, 11) is 0. The summed E-state index contributed by atoms with van der Waals surface area (Å²) in [5.74, 6) is -1.37. The topological polar surface area (TPSA) is 82.2 Å². The van der Waals surface area contributed by atoms with Crippen molar-refractivity contribution in [3.63, 3.8) is 0 Å². The van der Waals surface area contributed by atoms with Crippen LogP contribution in [0, 0.1) is 0 Å². The van der Waals surface area contributed by atoms with Gasteiger partial charge < -0.3 is 15.4 Å². The van der Waals surface area contributed by atoms with Crippen LogP contribution in [0.3, 0.4) is 0 Å². The molecule has 0 saturated carbocycles. The number of amides is 1. The summed E-state index contributed by atoms with van der Waals surface area (Å²) in [4.78, 5) is 29.0. The molecule has 1 aromatic heterocycles. The molecule has 0 aliphatic heterocycles. The van der Waals surface area contributed by atoms with Crippen molar-refractivity contribution in [1.29, 1.82) is 0 Å². The first-order valence-electron chi connectivity index (χ1n) is 12.6. The van der Waals surface area contributed by atoms with Gasteiger partial charge in [0.1, 0.15) is 11.3 Å². The molecule has 1 amide bonds. The number of hydrogen-bond donors (Lipinski definition) is 3. The number of carbonyl (C=O) groups is 1. The van der Waals surface area contributed by atoms with E-state index in [-0.39, 0.29) is 22.2 Å². The number of fused-ring (bicyclic) bond motifs is 1. The van der Waals surface area contributed by atoms with Gasteiger partial charge in [0.15, 0.2) is 0 Å². The average molecular weight is 400 g/mol. The number of nitrogens with one attached hydrogen (secondary N) is 2. The molecule has 5 heteroatoms. The Bertz CT molecular complexity index is 1390. The lowest BCUT2D eigenvalue weighted by molar-refractivity contribution is 0.102. The third kappa shape index (κ3) is 4.04. The van der Waals surface area contributed by atoms with Crippen LogP contribution in [-0.4, -0.2) is 16.0 Å². The van der Waals surface area contributed by atoms with Crippen LogP contribution in [0.1, 0.15) is 72.5 Å². The SMILES string of the molecule is [2H]c1c(C(C)(C)C)c(O)cc(NC(=O)c2c[nH]c3ccccc3c2=O)c1C(C)(C([2H])([2H])[2H])C([2H])([2H])[2H]. The van der Waals surface area contributed by atoms with Crippen molar-refractivity contribution >= 4 is 22.5 Å². The maximum absolute atomic E-state index is 13.2. The maximum atomic E-state index is 13.2. The largest absolute Gasteiger partial charge is 0.508 e. The Morgan fingerprint density at radius 1 is 1.14 bits per heavy atom. The first kappa shape index (κ1) is 13.2. The van der Waals surface area contributed by atoms with Gasteiger partial charge in [-0.05, 0) is 40.1 Å². The molecule has 5 nitrogen and oxygen atoms in total. The second kappa shape index (κ2) is 7.07. The van der Waals surface area contributed by atoms with Gasteiger partial charge in [-0.3, -0.25) is 9.59 Å². The normalized spacial score (nSPS) is 16.6. The van der Waals surface area contributed by atoms with Gasteiger partial charge in [0, 0.05) is 37.1 Å². The molecule has 0 bridgehead atoms. The van der Waals surface area contributed by atoms with Crippen LogP contribution in [0.2, 0.25) is 0 Å². The van der Waals surface area contributed by atoms with E-state index in [1.165, 1.54) is 12.3 Å². The number of para-hydroxylation sites is 1. The van der Waals surface area contributed by atoms with Gasteiger partial charge in [-0.15, -0.1) is 0 Å². The fourth-order valence-electron chi connectivity index (χ4n) is 3.13. The summed E-state index contributed by atoms with van der Waals surface area (Å²) in [5, 5.41) is 13.4. The number of aromatic amines is 1. The van der Waals surface area contributed by atoms with Crippen LogP contribution in [-0.2, 0) is 10.8 Å². The van der Waals surface area contributed by atoms with E-state index in [0.29, 0.717) is 5.52 Å². The van der Waals surface area contributed by atoms with E-state index < -0.39 is 53.2 Å². The van der Waals surface area contributed by atoms with Gasteiger partial charge in [-0.2, -0.15) is 0 Å². The lowest BCUT2D eigenvalue weighted by Gasteiger charge is -2.28. The van der Waals surface area contributed by atoms with E-state index in [0.717, 1.165) is 13.0 Å². The molecule has 0 saturated heterocycles. The minimum Gasteiger partial charge on any atom is -0.508 e. The molecule has 2 aromatic carbocycles. The van der Waals surface area contributed by atoms with Crippen molar-refractivity contribution in [3.8, 4) is 5.75 Å². The molecular formula is C24H28N2O3. The molecule has 152 valence electrons. The van der Waals surface area contributed by atoms with Gasteiger partial charge in [0.05, 0.1) is 1.37 Å². The van der Waals surface area contributed by atoms with Crippen molar-refractivity contribution in [1.82, 2.24) is 4.98 Å². The highest BCUT2D eigenvalue weighted by Crippen LogP contribution is 2.39. The average Bonchev–Trinajstić information content (AvgIpc) is 2.71. The first-order valence-corrected chi connectivity index (χ1v) is 9.11. The Morgan fingerprint density at radius 2 is 1.83 bits per heavy atom. The third-order valence-corrected chi connectivity index (χ3v) is 4.59. The van der Waals surface area contributed by atoms with Gasteiger partial charge in [0.25, 0.3) is 5.91 Å². The van der Waals surface area contributed by atoms with Gasteiger partial charge in [0.2, 0.25) is 5.43 Å². The van der Waals surface area contributed by atoms with Crippen molar-refractivity contribution < 1.29 is 19.5 Å². The zero-order chi connectivity index (χ0) is 27.4. The molecule has 0 radical (unpaired) electrons. The van der Waals surface area contributed by atoms with E-state index in [9.17, 15) is 14.7 Å². The fraction of sp³-hybridized carbons (Fsp3) is 0.333. The highest BCUT2D eigenvalue weighted by atomic mass is 16.3. The second-order valence-electron chi connectivity index (χ2n) is 8.22. The van der Waals surface area contributed by atoms with Crippen molar-refractivity contribution in [2.75, 3.05) is 5.32 Å². The lowest BCUT2D eigenvalue weighted by Crippen LogP contribution is -2.25. The summed E-state index contributed by atoms with van der Waals surface area (Å²) in [6, 6.07) is 7.05. The minimum atomic E-state index is -3.12. The molecule has 0 spiro atoms. The Balaban J connectivity index is 2.33. The first-order chi connectivity index (χ1) is 16.3. The summed E-state index contributed by atoms with van der Waals surface area (Å²) in [6.45, 7) is -0.223. The number of phenols is 1. The highest BCUT2D eigenvalue weighted by molar-refractivity contribution is 6.06. The van der Waals surface area contributed by atoms with Crippen molar-refractivity contribution in [2.45, 2.75) is 52.2 Å². The van der Waals surface area contributed by atoms with Crippen molar-refractivity contribution in [2.24, 2.45) is 0 Å². The number of phenolic OH excluding ortho intramolecular Hbond substituents is 1. The van der Waals surface area contributed by atoms with E-state index in [2.05, 4.69) is 10.3 Å². The van der Waals surface area contributed by atoms with Crippen LogP contribution >= 0.6 is 0 Å². The zero-order valence-corrected chi connectivity index (χ0v) is 16.7. The smallest absolute Gasteiger partial charge is 0.261 e. The third-order valence-electron chi connectivity index (χ3n) is 4.59. The van der Waals surface area contributed by atoms with Crippen LogP contribution in [0.4, 0.5) is 5.69 Å². The van der Waals surface area contributed by atoms with E-state index in [1.54, 1.807) is 39.0 Å². The summed E-state index contributed by atoms with van der Waals surface area (Å²) in [6.07, 6.45) is 1.19. The molecule has 1 heterocycles. The summed E-state index contributed by atoms with van der Waals surface area (Å²) in [5.41, 5.74) is -4.69. The Hall–Kier alpha value is -3.08. The van der Waals surface area contributed by atoms with E-state index >= 15 is 0 Å². The number of aromatic nitrogens is 1. The minimum absolute atomic E-state index is 0.0266. The Morgan fingerprint density at radius 3 is 2.48 bits per heavy atom. The Labute approximate surface area is 180 Å². The number of benzene rings is 2. The van der Waals surface area contributed by atoms with Crippen LogP contribution in [0.25, 0.3) is 10.9 Å². The number of aromatic hydroxyl groups is 1. The van der Waals surface area contributed by atoms with Crippen LogP contribution in [0.15, 0.2) is 47.4 Å².